The van der Waals surface area contributed by atoms with Crippen LogP contribution in [-0.4, -0.2) is 14.1 Å². The second-order valence-electron chi connectivity index (χ2n) is 5.08. The van der Waals surface area contributed by atoms with Gasteiger partial charge >= 0.3 is 6.18 Å². The van der Waals surface area contributed by atoms with Crippen molar-refractivity contribution in [2.75, 3.05) is 5.43 Å². The molecule has 0 radical (unpaired) electrons. The number of hydrazone groups is 1. The molecular formula is C16H7Cl2F3N4O2S. The van der Waals surface area contributed by atoms with Crippen LogP contribution in [0.5, 0.6) is 0 Å². The van der Waals surface area contributed by atoms with Crippen molar-refractivity contribution in [1.29, 1.82) is 10.5 Å². The number of alkyl halides is 3. The summed E-state index contributed by atoms with van der Waals surface area (Å²) < 4.78 is 65.1. The zero-order valence-corrected chi connectivity index (χ0v) is 15.7. The van der Waals surface area contributed by atoms with Gasteiger partial charge in [-0.2, -0.15) is 28.8 Å². The molecule has 28 heavy (non-hydrogen) atoms. The monoisotopic (exact) mass is 446 g/mol. The van der Waals surface area contributed by atoms with Crippen molar-refractivity contribution in [3.05, 3.63) is 52.0 Å². The Morgan fingerprint density at radius 1 is 1.07 bits per heavy atom. The Bertz CT molecular complexity index is 1120. The topological polar surface area (TPSA) is 106 Å². The summed E-state index contributed by atoms with van der Waals surface area (Å²) in [6.07, 6.45) is -4.88. The Labute approximate surface area is 167 Å². The van der Waals surface area contributed by atoms with Gasteiger partial charge in [-0.1, -0.05) is 23.2 Å². The summed E-state index contributed by atoms with van der Waals surface area (Å²) >= 11 is 11.4. The highest BCUT2D eigenvalue weighted by Gasteiger charge is 2.35. The molecule has 0 bridgehead atoms. The first-order valence-corrected chi connectivity index (χ1v) is 9.30. The number of sulfone groups is 1. The van der Waals surface area contributed by atoms with Gasteiger partial charge in [-0.3, -0.25) is 5.43 Å². The van der Waals surface area contributed by atoms with Crippen molar-refractivity contribution in [2.24, 2.45) is 5.10 Å². The number of anilines is 1. The molecule has 0 spiro atoms. The van der Waals surface area contributed by atoms with Gasteiger partial charge in [0.1, 0.15) is 12.1 Å². The van der Waals surface area contributed by atoms with E-state index in [9.17, 15) is 21.6 Å². The maximum atomic E-state index is 13.1. The lowest BCUT2D eigenvalue weighted by Gasteiger charge is -2.15. The lowest BCUT2D eigenvalue weighted by molar-refractivity contribution is -0.137. The van der Waals surface area contributed by atoms with E-state index in [0.717, 1.165) is 12.1 Å². The molecule has 1 N–H and O–H groups in total. The Morgan fingerprint density at radius 2 is 1.64 bits per heavy atom. The predicted molar refractivity (Wildman–Crippen MR) is 95.6 cm³/mol. The zero-order valence-electron chi connectivity index (χ0n) is 13.4. The van der Waals surface area contributed by atoms with Gasteiger partial charge in [0, 0.05) is 5.02 Å². The molecule has 0 saturated heterocycles. The first-order chi connectivity index (χ1) is 13.0. The number of hydrogen-bond acceptors (Lipinski definition) is 6. The third-order valence-electron chi connectivity index (χ3n) is 3.29. The van der Waals surface area contributed by atoms with Gasteiger partial charge < -0.3 is 0 Å². The quantitative estimate of drug-likeness (QED) is 0.542. The smallest absolute Gasteiger partial charge is 0.275 e. The zero-order chi connectivity index (χ0) is 21.1. The molecule has 0 aliphatic heterocycles. The van der Waals surface area contributed by atoms with Crippen molar-refractivity contribution in [2.45, 2.75) is 16.0 Å². The fourth-order valence-electron chi connectivity index (χ4n) is 2.01. The summed E-state index contributed by atoms with van der Waals surface area (Å²) in [5.41, 5.74) is -0.640. The first-order valence-electron chi connectivity index (χ1n) is 7.06. The van der Waals surface area contributed by atoms with Crippen LogP contribution in [0, 0.1) is 22.7 Å². The molecule has 0 aromatic heterocycles. The third-order valence-corrected chi connectivity index (χ3v) is 5.66. The average molecular weight is 447 g/mol. The number of benzene rings is 2. The minimum absolute atomic E-state index is 0.250. The van der Waals surface area contributed by atoms with Crippen LogP contribution < -0.4 is 5.43 Å². The van der Waals surface area contributed by atoms with Crippen molar-refractivity contribution in [1.82, 2.24) is 0 Å². The number of nitrogens with one attached hydrogen (secondary N) is 1. The normalized spacial score (nSPS) is 11.2. The molecule has 0 atom stereocenters. The molecule has 144 valence electrons. The van der Waals surface area contributed by atoms with E-state index in [1.165, 1.54) is 24.3 Å². The number of hydrogen-bond donors (Lipinski definition) is 1. The highest BCUT2D eigenvalue weighted by atomic mass is 35.5. The molecule has 0 unspecified atom stereocenters. The predicted octanol–water partition coefficient (Wildman–Crippen LogP) is 4.66. The molecule has 6 nitrogen and oxygen atoms in total. The number of nitriles is 2. The van der Waals surface area contributed by atoms with Gasteiger partial charge in [0.15, 0.2) is 0 Å². The van der Waals surface area contributed by atoms with Gasteiger partial charge in [-0.15, -0.1) is 0 Å². The summed E-state index contributed by atoms with van der Waals surface area (Å²) in [6, 6.07) is 8.71. The Hall–Kier alpha value is -2.79. The van der Waals surface area contributed by atoms with E-state index in [1.807, 2.05) is 5.43 Å². The molecule has 2 aromatic rings. The van der Waals surface area contributed by atoms with E-state index in [4.69, 9.17) is 33.7 Å². The van der Waals surface area contributed by atoms with E-state index in [0.29, 0.717) is 12.1 Å². The molecule has 12 heteroatoms. The molecule has 0 heterocycles. The molecule has 0 saturated carbocycles. The van der Waals surface area contributed by atoms with Crippen LogP contribution in [0.25, 0.3) is 0 Å². The van der Waals surface area contributed by atoms with Crippen molar-refractivity contribution in [3.8, 4) is 12.1 Å². The second kappa shape index (κ2) is 8.07. The van der Waals surface area contributed by atoms with Gasteiger partial charge in [0.25, 0.3) is 0 Å². The van der Waals surface area contributed by atoms with Gasteiger partial charge in [-0.05, 0) is 36.4 Å². The summed E-state index contributed by atoms with van der Waals surface area (Å²) in [5, 5.41) is 20.1. The van der Waals surface area contributed by atoms with E-state index < -0.39 is 42.9 Å². The molecule has 0 fully saturated rings. The minimum Gasteiger partial charge on any atom is -0.275 e. The molecule has 2 aromatic carbocycles. The van der Waals surface area contributed by atoms with Crippen LogP contribution >= 0.6 is 23.2 Å². The van der Waals surface area contributed by atoms with E-state index in [1.54, 1.807) is 0 Å². The van der Waals surface area contributed by atoms with Crippen LogP contribution in [0.4, 0.5) is 18.9 Å². The van der Waals surface area contributed by atoms with Gasteiger partial charge in [0.2, 0.25) is 15.5 Å². The van der Waals surface area contributed by atoms with Crippen molar-refractivity contribution in [3.63, 3.8) is 0 Å². The van der Waals surface area contributed by atoms with E-state index in [-0.39, 0.29) is 9.92 Å². The third kappa shape index (κ3) is 4.54. The van der Waals surface area contributed by atoms with Gasteiger partial charge in [0.05, 0.1) is 26.1 Å². The Morgan fingerprint density at radius 3 is 2.14 bits per heavy atom. The van der Waals surface area contributed by atoms with Crippen LogP contribution in [-0.2, 0) is 16.0 Å². The summed E-state index contributed by atoms with van der Waals surface area (Å²) in [5.74, 6) is 0. The highest BCUT2D eigenvalue weighted by Crippen LogP contribution is 2.40. The highest BCUT2D eigenvalue weighted by molar-refractivity contribution is 7.91. The van der Waals surface area contributed by atoms with Crippen LogP contribution in [0.3, 0.4) is 0 Å². The fourth-order valence-corrected chi connectivity index (χ4v) is 3.89. The standard InChI is InChI=1S/C16H7Cl2F3N4O2S/c17-9-1-3-11(4-2-9)28(26,27)15-6-13(18)12(16(19,20)21)5-14(15)25-24-10(7-22)8-23/h1-6,25H. The molecule has 0 aliphatic rings. The number of halogens is 5. The first kappa shape index (κ1) is 21.5. The van der Waals surface area contributed by atoms with E-state index >= 15 is 0 Å². The maximum absolute atomic E-state index is 13.1. The fraction of sp³-hybridized carbons (Fsp3) is 0.0625. The summed E-state index contributed by atoms with van der Waals surface area (Å²) in [4.78, 5) is -0.896. The SMILES string of the molecule is N#CC(C#N)=NNc1cc(C(F)(F)F)c(Cl)cc1S(=O)(=O)c1ccc(Cl)cc1. The van der Waals surface area contributed by atoms with Crippen molar-refractivity contribution >= 4 is 44.4 Å². The Balaban J connectivity index is 2.73. The van der Waals surface area contributed by atoms with Crippen molar-refractivity contribution < 1.29 is 21.6 Å². The average Bonchev–Trinajstić information content (AvgIpc) is 2.62. The summed E-state index contributed by atoms with van der Waals surface area (Å²) in [7, 11) is -4.34. The van der Waals surface area contributed by atoms with Crippen LogP contribution in [0.2, 0.25) is 10.0 Å². The lowest BCUT2D eigenvalue weighted by atomic mass is 10.2. The minimum atomic E-state index is -4.88. The van der Waals surface area contributed by atoms with E-state index in [2.05, 4.69) is 5.10 Å². The Kier molecular flexibility index (Phi) is 6.20. The maximum Gasteiger partial charge on any atom is 0.417 e. The van der Waals surface area contributed by atoms with Gasteiger partial charge in [-0.25, -0.2) is 8.42 Å². The van der Waals surface area contributed by atoms with Crippen LogP contribution in [0.15, 0.2) is 51.3 Å². The molecular weight excluding hydrogens is 440 g/mol. The summed E-state index contributed by atoms with van der Waals surface area (Å²) in [6.45, 7) is 0. The van der Waals surface area contributed by atoms with Crippen LogP contribution in [0.1, 0.15) is 5.56 Å². The number of rotatable bonds is 4. The molecule has 2 rings (SSSR count). The largest absolute Gasteiger partial charge is 0.417 e. The molecule has 0 aliphatic carbocycles. The molecule has 0 amide bonds. The lowest BCUT2D eigenvalue weighted by Crippen LogP contribution is -2.11. The number of nitrogens with zero attached hydrogens (tertiary/aromatic N) is 3. The second-order valence-corrected chi connectivity index (χ2v) is 7.84.